The molecule has 0 heterocycles. The van der Waals surface area contributed by atoms with Crippen LogP contribution in [0.5, 0.6) is 0 Å². The Morgan fingerprint density at radius 2 is 2.00 bits per heavy atom. The van der Waals surface area contributed by atoms with Crippen LogP contribution in [-0.4, -0.2) is 4.83 Å². The molecule has 0 aromatic heterocycles. The minimum Gasteiger partial charge on any atom is -0.204 e. The summed E-state index contributed by atoms with van der Waals surface area (Å²) in [5.74, 6) is -0.938. The van der Waals surface area contributed by atoms with Gasteiger partial charge in [0, 0.05) is 4.83 Å². The van der Waals surface area contributed by atoms with Crippen molar-refractivity contribution in [2.24, 2.45) is 5.92 Å². The standard InChI is InChI=1S/C12H13BrF2/c13-10-3-1-2-9(10)6-8-4-5-11(14)12(15)7-8/h4-5,7,9-10H,1-3,6H2. The SMILES string of the molecule is Fc1ccc(CC2CCCC2Br)cc1F. The van der Waals surface area contributed by atoms with Crippen molar-refractivity contribution < 1.29 is 8.78 Å². The topological polar surface area (TPSA) is 0 Å². The third-order valence-corrected chi connectivity index (χ3v) is 4.25. The third-order valence-electron chi connectivity index (χ3n) is 3.05. The van der Waals surface area contributed by atoms with Crippen molar-refractivity contribution in [3.05, 3.63) is 35.4 Å². The molecule has 15 heavy (non-hydrogen) atoms. The van der Waals surface area contributed by atoms with Crippen LogP contribution in [0.3, 0.4) is 0 Å². The van der Waals surface area contributed by atoms with Crippen LogP contribution in [0.4, 0.5) is 8.78 Å². The smallest absolute Gasteiger partial charge is 0.159 e. The van der Waals surface area contributed by atoms with Gasteiger partial charge < -0.3 is 0 Å². The molecule has 0 saturated heterocycles. The first kappa shape index (κ1) is 11.1. The first-order valence-electron chi connectivity index (χ1n) is 5.25. The molecule has 0 radical (unpaired) electrons. The lowest BCUT2D eigenvalue weighted by Gasteiger charge is -2.13. The normalized spacial score (nSPS) is 25.8. The van der Waals surface area contributed by atoms with Crippen LogP contribution in [0.25, 0.3) is 0 Å². The Labute approximate surface area is 96.8 Å². The zero-order chi connectivity index (χ0) is 10.8. The Bertz CT molecular complexity index is 351. The van der Waals surface area contributed by atoms with E-state index in [9.17, 15) is 8.78 Å². The fraction of sp³-hybridized carbons (Fsp3) is 0.500. The quantitative estimate of drug-likeness (QED) is 0.714. The van der Waals surface area contributed by atoms with E-state index >= 15 is 0 Å². The van der Waals surface area contributed by atoms with Gasteiger partial charge in [-0.05, 0) is 42.9 Å². The molecule has 1 aliphatic rings. The zero-order valence-corrected chi connectivity index (χ0v) is 9.94. The van der Waals surface area contributed by atoms with E-state index in [4.69, 9.17) is 0 Å². The van der Waals surface area contributed by atoms with Gasteiger partial charge >= 0.3 is 0 Å². The molecule has 0 bridgehead atoms. The number of rotatable bonds is 2. The van der Waals surface area contributed by atoms with Crippen LogP contribution >= 0.6 is 15.9 Å². The van der Waals surface area contributed by atoms with Gasteiger partial charge in [-0.1, -0.05) is 28.4 Å². The van der Waals surface area contributed by atoms with E-state index in [1.165, 1.54) is 31.4 Å². The molecule has 82 valence electrons. The second-order valence-corrected chi connectivity index (χ2v) is 5.34. The summed E-state index contributed by atoms with van der Waals surface area (Å²) in [5.41, 5.74) is 0.894. The molecule has 1 aromatic carbocycles. The van der Waals surface area contributed by atoms with Gasteiger partial charge in [0.1, 0.15) is 0 Å². The first-order chi connectivity index (χ1) is 7.16. The molecule has 2 rings (SSSR count). The lowest BCUT2D eigenvalue weighted by Crippen LogP contribution is -2.09. The van der Waals surface area contributed by atoms with Crippen LogP contribution in [0.1, 0.15) is 24.8 Å². The van der Waals surface area contributed by atoms with Crippen molar-refractivity contribution in [2.45, 2.75) is 30.5 Å². The molecule has 2 atom stereocenters. The van der Waals surface area contributed by atoms with E-state index in [1.54, 1.807) is 6.07 Å². The number of benzene rings is 1. The summed E-state index contributed by atoms with van der Waals surface area (Å²) in [5, 5.41) is 0. The predicted octanol–water partition coefficient (Wildman–Crippen LogP) is 4.07. The first-order valence-corrected chi connectivity index (χ1v) is 6.16. The highest BCUT2D eigenvalue weighted by Crippen LogP contribution is 2.34. The maximum absolute atomic E-state index is 13.0. The monoisotopic (exact) mass is 274 g/mol. The maximum Gasteiger partial charge on any atom is 0.159 e. The molecular formula is C12H13BrF2. The lowest BCUT2D eigenvalue weighted by molar-refractivity contribution is 0.502. The fourth-order valence-electron chi connectivity index (χ4n) is 2.19. The van der Waals surface area contributed by atoms with Crippen molar-refractivity contribution >= 4 is 15.9 Å². The average molecular weight is 275 g/mol. The molecule has 3 heteroatoms. The molecular weight excluding hydrogens is 262 g/mol. The molecule has 0 aliphatic heterocycles. The minimum absolute atomic E-state index is 0.533. The molecule has 0 nitrogen and oxygen atoms in total. The van der Waals surface area contributed by atoms with E-state index in [2.05, 4.69) is 15.9 Å². The van der Waals surface area contributed by atoms with E-state index in [1.807, 2.05) is 0 Å². The van der Waals surface area contributed by atoms with E-state index in [0.717, 1.165) is 12.0 Å². The van der Waals surface area contributed by atoms with Crippen LogP contribution in [-0.2, 0) is 6.42 Å². The summed E-state index contributed by atoms with van der Waals surface area (Å²) in [4.78, 5) is 0.533. The molecule has 1 fully saturated rings. The van der Waals surface area contributed by atoms with Gasteiger partial charge in [0.2, 0.25) is 0 Å². The summed E-state index contributed by atoms with van der Waals surface area (Å²) < 4.78 is 25.7. The molecule has 1 aromatic rings. The van der Waals surface area contributed by atoms with Gasteiger partial charge in [-0.15, -0.1) is 0 Å². The predicted molar refractivity (Wildman–Crippen MR) is 60.1 cm³/mol. The van der Waals surface area contributed by atoms with Crippen molar-refractivity contribution in [1.82, 2.24) is 0 Å². The molecule has 0 amide bonds. The Hall–Kier alpha value is -0.440. The molecule has 2 unspecified atom stereocenters. The van der Waals surface area contributed by atoms with Crippen molar-refractivity contribution in [3.8, 4) is 0 Å². The number of hydrogen-bond acceptors (Lipinski definition) is 0. The molecule has 0 N–H and O–H groups in total. The summed E-state index contributed by atoms with van der Waals surface area (Å²) in [6.07, 6.45) is 4.43. The maximum atomic E-state index is 13.0. The van der Waals surface area contributed by atoms with Gasteiger partial charge in [0.05, 0.1) is 0 Å². The van der Waals surface area contributed by atoms with Gasteiger partial charge in [0.25, 0.3) is 0 Å². The van der Waals surface area contributed by atoms with Gasteiger partial charge in [-0.25, -0.2) is 8.78 Å². The highest BCUT2D eigenvalue weighted by Gasteiger charge is 2.24. The Balaban J connectivity index is 2.07. The molecule has 0 spiro atoms. The number of halogens is 3. The highest BCUT2D eigenvalue weighted by atomic mass is 79.9. The number of hydrogen-bond donors (Lipinski definition) is 0. The number of alkyl halides is 1. The Morgan fingerprint density at radius 3 is 2.60 bits per heavy atom. The van der Waals surface area contributed by atoms with Gasteiger partial charge in [-0.3, -0.25) is 0 Å². The van der Waals surface area contributed by atoms with Gasteiger partial charge in [0.15, 0.2) is 11.6 Å². The Kier molecular flexibility index (Phi) is 3.39. The molecule has 1 saturated carbocycles. The summed E-state index contributed by atoms with van der Waals surface area (Å²) in [6, 6.07) is 4.20. The fourth-order valence-corrected chi connectivity index (χ4v) is 2.97. The second kappa shape index (κ2) is 4.60. The van der Waals surface area contributed by atoms with Crippen LogP contribution < -0.4 is 0 Å². The summed E-state index contributed by atoms with van der Waals surface area (Å²) >= 11 is 3.63. The Morgan fingerprint density at radius 1 is 1.20 bits per heavy atom. The highest BCUT2D eigenvalue weighted by molar-refractivity contribution is 9.09. The van der Waals surface area contributed by atoms with Crippen LogP contribution in [0, 0.1) is 17.6 Å². The van der Waals surface area contributed by atoms with Gasteiger partial charge in [-0.2, -0.15) is 0 Å². The minimum atomic E-state index is -0.763. The zero-order valence-electron chi connectivity index (χ0n) is 8.35. The van der Waals surface area contributed by atoms with E-state index in [0.29, 0.717) is 10.7 Å². The van der Waals surface area contributed by atoms with E-state index in [-0.39, 0.29) is 0 Å². The van der Waals surface area contributed by atoms with Crippen molar-refractivity contribution in [3.63, 3.8) is 0 Å². The van der Waals surface area contributed by atoms with Crippen LogP contribution in [0.2, 0.25) is 0 Å². The van der Waals surface area contributed by atoms with E-state index < -0.39 is 11.6 Å². The largest absolute Gasteiger partial charge is 0.204 e. The van der Waals surface area contributed by atoms with Crippen molar-refractivity contribution in [1.29, 1.82) is 0 Å². The third kappa shape index (κ3) is 2.57. The summed E-state index contributed by atoms with van der Waals surface area (Å²) in [7, 11) is 0. The summed E-state index contributed by atoms with van der Waals surface area (Å²) in [6.45, 7) is 0. The molecule has 1 aliphatic carbocycles. The van der Waals surface area contributed by atoms with Crippen LogP contribution in [0.15, 0.2) is 18.2 Å². The van der Waals surface area contributed by atoms with Crippen molar-refractivity contribution in [2.75, 3.05) is 0 Å². The average Bonchev–Trinajstić information content (AvgIpc) is 2.59. The lowest BCUT2D eigenvalue weighted by atomic mass is 9.98. The second-order valence-electron chi connectivity index (χ2n) is 4.16.